The van der Waals surface area contributed by atoms with Crippen LogP contribution in [0.3, 0.4) is 0 Å². The second kappa shape index (κ2) is 6.56. The van der Waals surface area contributed by atoms with Gasteiger partial charge in [0, 0.05) is 12.6 Å². The minimum Gasteiger partial charge on any atom is -0.490 e. The summed E-state index contributed by atoms with van der Waals surface area (Å²) < 4.78 is 10.9. The average Bonchev–Trinajstić information content (AvgIpc) is 2.45. The van der Waals surface area contributed by atoms with E-state index < -0.39 is 0 Å². The van der Waals surface area contributed by atoms with E-state index in [1.165, 1.54) is 0 Å². The zero-order valence-corrected chi connectivity index (χ0v) is 9.95. The molecule has 1 heterocycles. The van der Waals surface area contributed by atoms with Gasteiger partial charge in [0.15, 0.2) is 0 Å². The zero-order valence-electron chi connectivity index (χ0n) is 9.95. The normalized spacial score (nSPS) is 10.1. The van der Waals surface area contributed by atoms with Crippen molar-refractivity contribution in [3.8, 4) is 11.6 Å². The van der Waals surface area contributed by atoms with Crippen LogP contribution in [-0.2, 0) is 6.54 Å². The molecule has 0 aliphatic carbocycles. The molecule has 0 unspecified atom stereocenters. The van der Waals surface area contributed by atoms with Crippen molar-refractivity contribution in [1.29, 1.82) is 0 Å². The molecule has 2 aromatic rings. The molecule has 0 saturated carbocycles. The molecule has 0 radical (unpaired) electrons. The molecule has 1 aromatic heterocycles. The van der Waals surface area contributed by atoms with Gasteiger partial charge in [-0.05, 0) is 18.2 Å². The van der Waals surface area contributed by atoms with Gasteiger partial charge in [0.05, 0.1) is 5.69 Å². The van der Waals surface area contributed by atoms with E-state index >= 15 is 0 Å². The molecule has 18 heavy (non-hydrogen) atoms. The van der Waals surface area contributed by atoms with Crippen molar-refractivity contribution in [3.05, 3.63) is 48.2 Å². The highest BCUT2D eigenvalue weighted by Crippen LogP contribution is 2.08. The summed E-state index contributed by atoms with van der Waals surface area (Å²) in [6.45, 7) is 1.26. The first-order chi connectivity index (χ1) is 8.88. The second-order valence-electron chi connectivity index (χ2n) is 3.58. The minimum absolute atomic E-state index is 0.379. The highest BCUT2D eigenvalue weighted by Gasteiger charge is 1.98. The van der Waals surface area contributed by atoms with Crippen molar-refractivity contribution in [3.63, 3.8) is 0 Å². The Hall–Kier alpha value is -2.14. The van der Waals surface area contributed by atoms with Crippen LogP contribution < -0.4 is 15.2 Å². The van der Waals surface area contributed by atoms with E-state index in [4.69, 9.17) is 15.2 Å². The molecule has 0 amide bonds. The monoisotopic (exact) mass is 245 g/mol. The third-order valence-corrected chi connectivity index (χ3v) is 2.25. The van der Waals surface area contributed by atoms with Gasteiger partial charge in [0.2, 0.25) is 5.88 Å². The van der Waals surface area contributed by atoms with Crippen molar-refractivity contribution < 1.29 is 9.47 Å². The lowest BCUT2D eigenvalue weighted by Crippen LogP contribution is -2.10. The van der Waals surface area contributed by atoms with Crippen molar-refractivity contribution in [1.82, 2.24) is 10.2 Å². The molecule has 0 fully saturated rings. The fraction of sp³-hybridized carbons (Fsp3) is 0.231. The Labute approximate surface area is 106 Å². The van der Waals surface area contributed by atoms with Crippen molar-refractivity contribution in [2.24, 2.45) is 5.73 Å². The first kappa shape index (κ1) is 12.3. The molecule has 0 aliphatic heterocycles. The van der Waals surface area contributed by atoms with Gasteiger partial charge in [0.1, 0.15) is 19.0 Å². The Kier molecular flexibility index (Phi) is 4.49. The van der Waals surface area contributed by atoms with E-state index in [9.17, 15) is 0 Å². The smallest absolute Gasteiger partial charge is 0.233 e. The first-order valence-electron chi connectivity index (χ1n) is 5.72. The molecule has 5 heteroatoms. The SMILES string of the molecule is NCc1ccc(OCCOc2ccccc2)nn1. The molecule has 94 valence electrons. The Balaban J connectivity index is 1.72. The first-order valence-corrected chi connectivity index (χ1v) is 5.72. The van der Waals surface area contributed by atoms with Crippen LogP contribution in [0, 0.1) is 0 Å². The number of hydrogen-bond donors (Lipinski definition) is 1. The van der Waals surface area contributed by atoms with Gasteiger partial charge in [-0.15, -0.1) is 5.10 Å². The number of hydrogen-bond acceptors (Lipinski definition) is 5. The predicted molar refractivity (Wildman–Crippen MR) is 67.4 cm³/mol. The van der Waals surface area contributed by atoms with Crippen LogP contribution in [0.2, 0.25) is 0 Å². The van der Waals surface area contributed by atoms with Crippen LogP contribution in [0.1, 0.15) is 5.69 Å². The zero-order chi connectivity index (χ0) is 12.6. The Morgan fingerprint density at radius 2 is 1.67 bits per heavy atom. The highest BCUT2D eigenvalue weighted by molar-refractivity contribution is 5.20. The largest absolute Gasteiger partial charge is 0.490 e. The van der Waals surface area contributed by atoms with E-state index in [0.29, 0.717) is 25.6 Å². The minimum atomic E-state index is 0.379. The molecule has 5 nitrogen and oxygen atoms in total. The summed E-state index contributed by atoms with van der Waals surface area (Å²) >= 11 is 0. The van der Waals surface area contributed by atoms with E-state index in [1.807, 2.05) is 30.3 Å². The molecule has 0 spiro atoms. The van der Waals surface area contributed by atoms with Gasteiger partial charge in [-0.2, -0.15) is 5.10 Å². The van der Waals surface area contributed by atoms with Crippen molar-refractivity contribution in [2.75, 3.05) is 13.2 Å². The molecular formula is C13H15N3O2. The number of nitrogens with two attached hydrogens (primary N) is 1. The summed E-state index contributed by atoms with van der Waals surface area (Å²) in [7, 11) is 0. The summed E-state index contributed by atoms with van der Waals surface area (Å²) in [6, 6.07) is 13.1. The lowest BCUT2D eigenvalue weighted by Gasteiger charge is -2.07. The van der Waals surface area contributed by atoms with E-state index in [-0.39, 0.29) is 0 Å². The molecule has 0 saturated heterocycles. The van der Waals surface area contributed by atoms with Crippen LogP contribution in [0.5, 0.6) is 11.6 Å². The van der Waals surface area contributed by atoms with Gasteiger partial charge in [-0.1, -0.05) is 18.2 Å². The van der Waals surface area contributed by atoms with Crippen LogP contribution in [0.25, 0.3) is 0 Å². The standard InChI is InChI=1S/C13H15N3O2/c14-10-11-6-7-13(16-15-11)18-9-8-17-12-4-2-1-3-5-12/h1-7H,8-10,14H2. The Morgan fingerprint density at radius 1 is 0.889 bits per heavy atom. The molecule has 2 N–H and O–H groups in total. The fourth-order valence-corrected chi connectivity index (χ4v) is 1.36. The number of benzene rings is 1. The molecule has 1 aromatic carbocycles. The van der Waals surface area contributed by atoms with Crippen LogP contribution in [-0.4, -0.2) is 23.4 Å². The lowest BCUT2D eigenvalue weighted by atomic mass is 10.3. The summed E-state index contributed by atoms with van der Waals surface area (Å²) in [5.41, 5.74) is 6.16. The summed E-state index contributed by atoms with van der Waals surface area (Å²) in [5, 5.41) is 7.78. The van der Waals surface area contributed by atoms with Gasteiger partial charge >= 0.3 is 0 Å². The maximum absolute atomic E-state index is 5.48. The van der Waals surface area contributed by atoms with Gasteiger partial charge in [0.25, 0.3) is 0 Å². The highest BCUT2D eigenvalue weighted by atomic mass is 16.5. The number of ether oxygens (including phenoxy) is 2. The molecular weight excluding hydrogens is 230 g/mol. The number of aromatic nitrogens is 2. The maximum atomic E-state index is 5.48. The molecule has 0 atom stereocenters. The maximum Gasteiger partial charge on any atom is 0.233 e. The van der Waals surface area contributed by atoms with Crippen LogP contribution >= 0.6 is 0 Å². The molecule has 0 aliphatic rings. The third kappa shape index (κ3) is 3.71. The number of rotatable bonds is 6. The Morgan fingerprint density at radius 3 is 2.33 bits per heavy atom. The van der Waals surface area contributed by atoms with Crippen LogP contribution in [0.15, 0.2) is 42.5 Å². The van der Waals surface area contributed by atoms with Gasteiger partial charge in [-0.3, -0.25) is 0 Å². The third-order valence-electron chi connectivity index (χ3n) is 2.25. The summed E-state index contributed by atoms with van der Waals surface area (Å²) in [6.07, 6.45) is 0. The van der Waals surface area contributed by atoms with E-state index in [2.05, 4.69) is 10.2 Å². The van der Waals surface area contributed by atoms with Gasteiger partial charge < -0.3 is 15.2 Å². The summed E-state index contributed by atoms with van der Waals surface area (Å²) in [5.74, 6) is 1.30. The van der Waals surface area contributed by atoms with Crippen molar-refractivity contribution >= 4 is 0 Å². The average molecular weight is 245 g/mol. The Bertz CT molecular complexity index is 459. The number of para-hydroxylation sites is 1. The van der Waals surface area contributed by atoms with Crippen LogP contribution in [0.4, 0.5) is 0 Å². The van der Waals surface area contributed by atoms with E-state index in [0.717, 1.165) is 11.4 Å². The van der Waals surface area contributed by atoms with E-state index in [1.54, 1.807) is 12.1 Å². The van der Waals surface area contributed by atoms with Gasteiger partial charge in [-0.25, -0.2) is 0 Å². The fourth-order valence-electron chi connectivity index (χ4n) is 1.36. The topological polar surface area (TPSA) is 70.3 Å². The van der Waals surface area contributed by atoms with Crippen molar-refractivity contribution in [2.45, 2.75) is 6.54 Å². The second-order valence-corrected chi connectivity index (χ2v) is 3.58. The summed E-state index contributed by atoms with van der Waals surface area (Å²) in [4.78, 5) is 0. The predicted octanol–water partition coefficient (Wildman–Crippen LogP) is 1.39. The quantitative estimate of drug-likeness (QED) is 0.779. The molecule has 2 rings (SSSR count). The number of nitrogens with zero attached hydrogens (tertiary/aromatic N) is 2. The lowest BCUT2D eigenvalue weighted by molar-refractivity contribution is 0.210. The molecule has 0 bridgehead atoms.